The van der Waals surface area contributed by atoms with Crippen molar-refractivity contribution < 1.29 is 9.47 Å². The number of anilines is 1. The molecule has 0 aliphatic carbocycles. The van der Waals surface area contributed by atoms with E-state index in [-0.39, 0.29) is 5.69 Å². The molecule has 0 saturated heterocycles. The van der Waals surface area contributed by atoms with Gasteiger partial charge in [0.1, 0.15) is 12.7 Å². The smallest absolute Gasteiger partial charge is 0.214 e. The SMILES string of the molecule is CCCOCCOc1ccc(N)c(C#N)n1. The second-order valence-corrected chi connectivity index (χ2v) is 3.16. The molecule has 0 aliphatic rings. The fourth-order valence-electron chi connectivity index (χ4n) is 1.07. The van der Waals surface area contributed by atoms with Gasteiger partial charge in [-0.1, -0.05) is 6.92 Å². The predicted molar refractivity (Wildman–Crippen MR) is 60.0 cm³/mol. The van der Waals surface area contributed by atoms with Crippen LogP contribution in [0.15, 0.2) is 12.1 Å². The summed E-state index contributed by atoms with van der Waals surface area (Å²) in [6, 6.07) is 5.14. The molecule has 5 heteroatoms. The van der Waals surface area contributed by atoms with Crippen molar-refractivity contribution in [3.8, 4) is 11.9 Å². The molecule has 1 heterocycles. The van der Waals surface area contributed by atoms with Crippen LogP contribution >= 0.6 is 0 Å². The molecule has 0 aliphatic heterocycles. The monoisotopic (exact) mass is 221 g/mol. The van der Waals surface area contributed by atoms with E-state index in [9.17, 15) is 0 Å². The van der Waals surface area contributed by atoms with Crippen molar-refractivity contribution in [2.45, 2.75) is 13.3 Å². The van der Waals surface area contributed by atoms with Crippen LogP contribution in [0, 0.1) is 11.3 Å². The number of pyridine rings is 1. The maximum atomic E-state index is 8.71. The molecule has 0 atom stereocenters. The third-order valence-corrected chi connectivity index (χ3v) is 1.83. The van der Waals surface area contributed by atoms with Gasteiger partial charge < -0.3 is 15.2 Å². The first kappa shape index (κ1) is 12.3. The fourth-order valence-corrected chi connectivity index (χ4v) is 1.07. The first-order valence-corrected chi connectivity index (χ1v) is 5.15. The summed E-state index contributed by atoms with van der Waals surface area (Å²) in [7, 11) is 0. The summed E-state index contributed by atoms with van der Waals surface area (Å²) in [5.74, 6) is 0.394. The van der Waals surface area contributed by atoms with Crippen molar-refractivity contribution >= 4 is 5.69 Å². The van der Waals surface area contributed by atoms with Crippen molar-refractivity contribution in [3.63, 3.8) is 0 Å². The Morgan fingerprint density at radius 3 is 2.88 bits per heavy atom. The summed E-state index contributed by atoms with van der Waals surface area (Å²) in [5.41, 5.74) is 6.07. The van der Waals surface area contributed by atoms with E-state index in [1.54, 1.807) is 12.1 Å². The molecule has 0 unspecified atom stereocenters. The number of nitrogen functional groups attached to an aromatic ring is 1. The lowest BCUT2D eigenvalue weighted by Crippen LogP contribution is -2.08. The zero-order valence-corrected chi connectivity index (χ0v) is 9.27. The minimum atomic E-state index is 0.187. The molecule has 1 aromatic heterocycles. The molecule has 0 fully saturated rings. The van der Waals surface area contributed by atoms with E-state index >= 15 is 0 Å². The number of nitriles is 1. The predicted octanol–water partition coefficient (Wildman–Crippen LogP) is 1.34. The molecule has 0 radical (unpaired) electrons. The van der Waals surface area contributed by atoms with Gasteiger partial charge in [0.2, 0.25) is 5.88 Å². The molecule has 16 heavy (non-hydrogen) atoms. The average Bonchev–Trinajstić information content (AvgIpc) is 2.31. The third-order valence-electron chi connectivity index (χ3n) is 1.83. The maximum Gasteiger partial charge on any atom is 0.214 e. The van der Waals surface area contributed by atoms with Crippen LogP contribution in [0.1, 0.15) is 19.0 Å². The fraction of sp³-hybridized carbons (Fsp3) is 0.455. The zero-order valence-electron chi connectivity index (χ0n) is 9.27. The molecule has 1 rings (SSSR count). The standard InChI is InChI=1S/C11H15N3O2/c1-2-5-15-6-7-16-11-4-3-9(13)10(8-12)14-11/h3-4H,2,5-7,13H2,1H3. The number of hydrogen-bond acceptors (Lipinski definition) is 5. The lowest BCUT2D eigenvalue weighted by Gasteiger charge is -2.06. The van der Waals surface area contributed by atoms with Crippen LogP contribution in [0.4, 0.5) is 5.69 Å². The molecule has 86 valence electrons. The number of aromatic nitrogens is 1. The topological polar surface area (TPSA) is 81.2 Å². The van der Waals surface area contributed by atoms with Crippen molar-refractivity contribution in [2.75, 3.05) is 25.6 Å². The van der Waals surface area contributed by atoms with Gasteiger partial charge in [-0.25, -0.2) is 4.98 Å². The van der Waals surface area contributed by atoms with Gasteiger partial charge in [0.25, 0.3) is 0 Å². The molecular formula is C11H15N3O2. The van der Waals surface area contributed by atoms with Crippen LogP contribution < -0.4 is 10.5 Å². The third kappa shape index (κ3) is 3.75. The second kappa shape index (κ2) is 6.64. The number of rotatable bonds is 6. The Morgan fingerprint density at radius 1 is 1.38 bits per heavy atom. The van der Waals surface area contributed by atoms with Crippen molar-refractivity contribution in [1.82, 2.24) is 4.98 Å². The molecule has 2 N–H and O–H groups in total. The van der Waals surface area contributed by atoms with Crippen LogP contribution in [-0.2, 0) is 4.74 Å². The molecule has 5 nitrogen and oxygen atoms in total. The van der Waals surface area contributed by atoms with Gasteiger partial charge >= 0.3 is 0 Å². The summed E-state index contributed by atoms with van der Waals surface area (Å²) in [4.78, 5) is 3.94. The Morgan fingerprint density at radius 2 is 2.19 bits per heavy atom. The Labute approximate surface area is 94.8 Å². The largest absolute Gasteiger partial charge is 0.475 e. The zero-order chi connectivity index (χ0) is 11.8. The van der Waals surface area contributed by atoms with Gasteiger partial charge in [0.15, 0.2) is 5.69 Å². The Hall–Kier alpha value is -1.80. The summed E-state index contributed by atoms with van der Waals surface area (Å²) in [6.45, 7) is 3.70. The van der Waals surface area contributed by atoms with Crippen LogP contribution in [0.2, 0.25) is 0 Å². The molecule has 0 amide bonds. The molecule has 0 saturated carbocycles. The molecule has 1 aromatic rings. The average molecular weight is 221 g/mol. The van der Waals surface area contributed by atoms with Gasteiger partial charge in [-0.2, -0.15) is 5.26 Å². The van der Waals surface area contributed by atoms with Crippen LogP contribution in [-0.4, -0.2) is 24.8 Å². The first-order chi connectivity index (χ1) is 7.77. The Balaban J connectivity index is 2.40. The van der Waals surface area contributed by atoms with Gasteiger partial charge in [0.05, 0.1) is 12.3 Å². The highest BCUT2D eigenvalue weighted by atomic mass is 16.5. The van der Waals surface area contributed by atoms with Crippen LogP contribution in [0.5, 0.6) is 5.88 Å². The van der Waals surface area contributed by atoms with E-state index in [1.165, 1.54) is 0 Å². The Bertz CT molecular complexity index is 374. The van der Waals surface area contributed by atoms with Gasteiger partial charge in [-0.15, -0.1) is 0 Å². The van der Waals surface area contributed by atoms with E-state index in [2.05, 4.69) is 4.98 Å². The van der Waals surface area contributed by atoms with Crippen molar-refractivity contribution in [1.29, 1.82) is 5.26 Å². The van der Waals surface area contributed by atoms with Crippen LogP contribution in [0.25, 0.3) is 0 Å². The van der Waals surface area contributed by atoms with Gasteiger partial charge in [-0.3, -0.25) is 0 Å². The molecule has 0 spiro atoms. The highest BCUT2D eigenvalue weighted by molar-refractivity contribution is 5.50. The number of nitrogens with two attached hydrogens (primary N) is 1. The van der Waals surface area contributed by atoms with Crippen molar-refractivity contribution in [3.05, 3.63) is 17.8 Å². The summed E-state index contributed by atoms with van der Waals surface area (Å²) >= 11 is 0. The van der Waals surface area contributed by atoms with Gasteiger partial charge in [-0.05, 0) is 12.5 Å². The molecule has 0 aromatic carbocycles. The molecule has 0 bridgehead atoms. The first-order valence-electron chi connectivity index (χ1n) is 5.15. The van der Waals surface area contributed by atoms with E-state index in [0.29, 0.717) is 24.8 Å². The maximum absolute atomic E-state index is 8.71. The molecular weight excluding hydrogens is 206 g/mol. The lowest BCUT2D eigenvalue weighted by molar-refractivity contribution is 0.0990. The quantitative estimate of drug-likeness (QED) is 0.733. The number of hydrogen-bond donors (Lipinski definition) is 1. The lowest BCUT2D eigenvalue weighted by atomic mass is 10.3. The summed E-state index contributed by atoms with van der Waals surface area (Å²) in [6.07, 6.45) is 0.985. The second-order valence-electron chi connectivity index (χ2n) is 3.16. The highest BCUT2D eigenvalue weighted by Crippen LogP contribution is 2.13. The highest BCUT2D eigenvalue weighted by Gasteiger charge is 2.02. The van der Waals surface area contributed by atoms with E-state index in [1.807, 2.05) is 13.0 Å². The Kier molecular flexibility index (Phi) is 5.09. The minimum Gasteiger partial charge on any atom is -0.475 e. The number of ether oxygens (including phenoxy) is 2. The van der Waals surface area contributed by atoms with E-state index in [4.69, 9.17) is 20.5 Å². The summed E-state index contributed by atoms with van der Waals surface area (Å²) < 4.78 is 10.5. The van der Waals surface area contributed by atoms with Crippen molar-refractivity contribution in [2.24, 2.45) is 0 Å². The normalized spacial score (nSPS) is 9.75. The van der Waals surface area contributed by atoms with E-state index in [0.717, 1.165) is 13.0 Å². The van der Waals surface area contributed by atoms with E-state index < -0.39 is 0 Å². The van der Waals surface area contributed by atoms with Gasteiger partial charge in [0, 0.05) is 12.7 Å². The minimum absolute atomic E-state index is 0.187. The number of nitrogens with zero attached hydrogens (tertiary/aromatic N) is 2. The van der Waals surface area contributed by atoms with Crippen LogP contribution in [0.3, 0.4) is 0 Å². The summed E-state index contributed by atoms with van der Waals surface area (Å²) in [5, 5.41) is 8.71.